The zero-order valence-corrected chi connectivity index (χ0v) is 24.6. The van der Waals surface area contributed by atoms with Gasteiger partial charge in [-0.2, -0.15) is 0 Å². The number of carbonyl (C=O) groups excluding carboxylic acids is 1. The van der Waals surface area contributed by atoms with Gasteiger partial charge in [-0.15, -0.1) is 0 Å². The van der Waals surface area contributed by atoms with E-state index in [0.29, 0.717) is 6.61 Å². The summed E-state index contributed by atoms with van der Waals surface area (Å²) in [6.07, 6.45) is -1.98. The molecule has 0 fully saturated rings. The molecule has 0 radical (unpaired) electrons. The van der Waals surface area contributed by atoms with Crippen molar-refractivity contribution in [3.63, 3.8) is 0 Å². The van der Waals surface area contributed by atoms with E-state index in [9.17, 15) is 9.90 Å². The first kappa shape index (κ1) is 32.3. The molecule has 1 N–H and O–H groups in total. The number of ether oxygens (including phenoxy) is 4. The Kier molecular flexibility index (Phi) is 13.3. The van der Waals surface area contributed by atoms with Crippen LogP contribution in [0.2, 0.25) is 18.1 Å². The number of methoxy groups -OCH3 is 1. The molecule has 0 amide bonds. The first-order chi connectivity index (χ1) is 16.7. The van der Waals surface area contributed by atoms with E-state index in [2.05, 4.69) is 45.7 Å². The maximum atomic E-state index is 12.2. The Morgan fingerprint density at radius 2 is 1.72 bits per heavy atom. The molecule has 7 nitrogen and oxygen atoms in total. The zero-order valence-electron chi connectivity index (χ0n) is 23.6. The Labute approximate surface area is 218 Å². The van der Waals surface area contributed by atoms with Crippen LogP contribution in [0.3, 0.4) is 0 Å². The Balaban J connectivity index is 2.95. The Morgan fingerprint density at radius 3 is 2.28 bits per heavy atom. The van der Waals surface area contributed by atoms with Crippen molar-refractivity contribution in [2.75, 3.05) is 27.1 Å². The Morgan fingerprint density at radius 1 is 1.08 bits per heavy atom. The highest BCUT2D eigenvalue weighted by Gasteiger charge is 2.40. The lowest BCUT2D eigenvalue weighted by molar-refractivity contribution is -0.164. The molecular weight excluding hydrogens is 476 g/mol. The summed E-state index contributed by atoms with van der Waals surface area (Å²) >= 11 is 0. The lowest BCUT2D eigenvalue weighted by Crippen LogP contribution is -2.46. The van der Waals surface area contributed by atoms with E-state index < -0.39 is 38.0 Å². The second-order valence-electron chi connectivity index (χ2n) is 11.4. The van der Waals surface area contributed by atoms with E-state index in [-0.39, 0.29) is 31.5 Å². The van der Waals surface area contributed by atoms with Crippen molar-refractivity contribution in [1.82, 2.24) is 0 Å². The number of esters is 1. The molecule has 0 spiro atoms. The van der Waals surface area contributed by atoms with Crippen LogP contribution in [0, 0.1) is 17.3 Å². The molecule has 0 heterocycles. The summed E-state index contributed by atoms with van der Waals surface area (Å²) < 4.78 is 28.4. The molecule has 0 unspecified atom stereocenters. The number of hydrogen-bond acceptors (Lipinski definition) is 7. The fourth-order valence-electron chi connectivity index (χ4n) is 2.81. The number of rotatable bonds is 13. The van der Waals surface area contributed by atoms with Crippen LogP contribution in [0.5, 0.6) is 0 Å². The van der Waals surface area contributed by atoms with Crippen LogP contribution in [0.15, 0.2) is 30.3 Å². The average Bonchev–Trinajstić information content (AvgIpc) is 2.78. The smallest absolute Gasteiger partial charge is 0.311 e. The molecule has 0 aliphatic heterocycles. The highest BCUT2D eigenvalue weighted by Crippen LogP contribution is 2.37. The molecule has 0 aromatic heterocycles. The van der Waals surface area contributed by atoms with Crippen molar-refractivity contribution >= 4 is 14.3 Å². The van der Waals surface area contributed by atoms with Crippen molar-refractivity contribution in [1.29, 1.82) is 0 Å². The van der Waals surface area contributed by atoms with Crippen LogP contribution >= 0.6 is 0 Å². The molecule has 1 aromatic rings. The van der Waals surface area contributed by atoms with Crippen LogP contribution in [0.1, 0.15) is 53.5 Å². The molecule has 8 heteroatoms. The summed E-state index contributed by atoms with van der Waals surface area (Å²) in [5.74, 6) is 5.86. The lowest BCUT2D eigenvalue weighted by atomic mass is 9.97. The summed E-state index contributed by atoms with van der Waals surface area (Å²) in [4.78, 5) is 12.2. The van der Waals surface area contributed by atoms with Gasteiger partial charge in [0.15, 0.2) is 8.32 Å². The molecule has 0 aliphatic carbocycles. The predicted molar refractivity (Wildman–Crippen MR) is 144 cm³/mol. The van der Waals surface area contributed by atoms with Crippen molar-refractivity contribution in [2.45, 2.75) is 91.0 Å². The van der Waals surface area contributed by atoms with Crippen LogP contribution in [-0.4, -0.2) is 64.8 Å². The molecule has 3 atom stereocenters. The van der Waals surface area contributed by atoms with E-state index in [4.69, 9.17) is 23.4 Å². The molecule has 1 rings (SSSR count). The van der Waals surface area contributed by atoms with Gasteiger partial charge in [0.2, 0.25) is 0 Å². The highest BCUT2D eigenvalue weighted by molar-refractivity contribution is 6.74. The van der Waals surface area contributed by atoms with E-state index in [1.165, 1.54) is 7.11 Å². The second kappa shape index (κ2) is 14.9. The number of hydrogen-bond donors (Lipinski definition) is 1. The normalized spacial score (nSPS) is 14.9. The fraction of sp³-hybridized carbons (Fsp3) is 0.679. The maximum absolute atomic E-state index is 12.2. The van der Waals surface area contributed by atoms with Gasteiger partial charge in [0.1, 0.15) is 32.2 Å². The van der Waals surface area contributed by atoms with Gasteiger partial charge in [-0.1, -0.05) is 62.9 Å². The maximum Gasteiger partial charge on any atom is 0.311 e. The van der Waals surface area contributed by atoms with Crippen molar-refractivity contribution < 1.29 is 33.3 Å². The average molecular weight is 523 g/mol. The number of aliphatic hydroxyl groups is 1. The topological polar surface area (TPSA) is 83.5 Å². The monoisotopic (exact) mass is 522 g/mol. The van der Waals surface area contributed by atoms with Gasteiger partial charge in [0.05, 0.1) is 18.1 Å². The van der Waals surface area contributed by atoms with Gasteiger partial charge in [0, 0.05) is 13.5 Å². The predicted octanol–water partition coefficient (Wildman–Crippen LogP) is 4.93. The minimum absolute atomic E-state index is 0.0185. The van der Waals surface area contributed by atoms with Crippen molar-refractivity contribution in [3.05, 3.63) is 35.9 Å². The van der Waals surface area contributed by atoms with Crippen LogP contribution < -0.4 is 0 Å². The summed E-state index contributed by atoms with van der Waals surface area (Å²) in [5.41, 5.74) is 0.413. The molecule has 1 aromatic carbocycles. The summed E-state index contributed by atoms with van der Waals surface area (Å²) in [6.45, 7) is 16.6. The Bertz CT molecular complexity index is 831. The SMILES string of the molecule is COCO[C@@H](C[C@H](C#CCOCc1ccccc1)O[Si](C)(C)C(C)(C)C)[C@H](O)COC(=O)C(C)(C)C. The summed E-state index contributed by atoms with van der Waals surface area (Å²) in [6, 6.07) is 9.91. The molecule has 204 valence electrons. The fourth-order valence-corrected chi connectivity index (χ4v) is 4.03. The molecular formula is C28H46O7Si. The van der Waals surface area contributed by atoms with E-state index in [1.54, 1.807) is 20.8 Å². The summed E-state index contributed by atoms with van der Waals surface area (Å²) in [5, 5.41) is 10.8. The third kappa shape index (κ3) is 12.0. The number of benzene rings is 1. The Hall–Kier alpha value is -1.73. The molecule has 0 bridgehead atoms. The zero-order chi connectivity index (χ0) is 27.4. The first-order valence-electron chi connectivity index (χ1n) is 12.4. The van der Waals surface area contributed by atoms with Crippen LogP contribution in [0.25, 0.3) is 0 Å². The van der Waals surface area contributed by atoms with Gasteiger partial charge >= 0.3 is 5.97 Å². The van der Waals surface area contributed by atoms with Gasteiger partial charge in [-0.3, -0.25) is 4.79 Å². The molecule has 0 aliphatic rings. The standard InChI is InChI=1S/C28H46O7Si/c1-27(2,3)26(30)33-20-24(29)25(34-21-31-7)18-23(35-36(8,9)28(4,5)6)16-13-17-32-19-22-14-11-10-12-15-22/h10-12,14-15,23-25,29H,17-21H2,1-9H3/t23-,24+,25-/m0/s1. The summed E-state index contributed by atoms with van der Waals surface area (Å²) in [7, 11) is -0.670. The van der Waals surface area contributed by atoms with Gasteiger partial charge in [-0.25, -0.2) is 0 Å². The second-order valence-corrected chi connectivity index (χ2v) is 16.2. The van der Waals surface area contributed by atoms with Crippen molar-refractivity contribution in [3.8, 4) is 11.8 Å². The van der Waals surface area contributed by atoms with Crippen LogP contribution in [0.4, 0.5) is 0 Å². The number of carbonyl (C=O) groups is 1. The van der Waals surface area contributed by atoms with Crippen LogP contribution in [-0.2, 0) is 34.8 Å². The van der Waals surface area contributed by atoms with Gasteiger partial charge in [-0.05, 0) is 44.5 Å². The van der Waals surface area contributed by atoms with E-state index in [0.717, 1.165) is 5.56 Å². The largest absolute Gasteiger partial charge is 0.462 e. The minimum atomic E-state index is -2.18. The number of aliphatic hydroxyl groups excluding tert-OH is 1. The quantitative estimate of drug-likeness (QED) is 0.129. The van der Waals surface area contributed by atoms with Crippen molar-refractivity contribution in [2.24, 2.45) is 5.41 Å². The third-order valence-corrected chi connectivity index (χ3v) is 10.6. The van der Waals surface area contributed by atoms with E-state index in [1.807, 2.05) is 30.3 Å². The molecule has 0 saturated heterocycles. The van der Waals surface area contributed by atoms with Gasteiger partial charge < -0.3 is 28.5 Å². The molecule has 0 saturated carbocycles. The first-order valence-corrected chi connectivity index (χ1v) is 15.3. The highest BCUT2D eigenvalue weighted by atomic mass is 28.4. The lowest BCUT2D eigenvalue weighted by Gasteiger charge is -2.39. The minimum Gasteiger partial charge on any atom is -0.462 e. The third-order valence-electron chi connectivity index (χ3n) is 6.06. The van der Waals surface area contributed by atoms with Gasteiger partial charge in [0.25, 0.3) is 0 Å². The van der Waals surface area contributed by atoms with E-state index >= 15 is 0 Å². The molecule has 36 heavy (non-hydrogen) atoms.